The Morgan fingerprint density at radius 2 is 1.92 bits per heavy atom. The van der Waals surface area contributed by atoms with E-state index >= 15 is 0 Å². The highest BCUT2D eigenvalue weighted by Crippen LogP contribution is 2.24. The Labute approximate surface area is 144 Å². The second-order valence-electron chi connectivity index (χ2n) is 5.35. The molecule has 0 saturated carbocycles. The maximum atomic E-state index is 12.6. The van der Waals surface area contributed by atoms with Crippen molar-refractivity contribution in [3.05, 3.63) is 23.8 Å². The summed E-state index contributed by atoms with van der Waals surface area (Å²) >= 11 is 0. The first-order valence-electron chi connectivity index (χ1n) is 7.95. The van der Waals surface area contributed by atoms with Gasteiger partial charge in [0, 0.05) is 25.7 Å². The molecule has 1 aromatic rings. The maximum Gasteiger partial charge on any atom is 0.255 e. The van der Waals surface area contributed by atoms with Gasteiger partial charge in [0.05, 0.1) is 17.6 Å². The molecular formula is C16H27N3O4S. The molecule has 0 radical (unpaired) electrons. The van der Waals surface area contributed by atoms with E-state index < -0.39 is 10.0 Å². The van der Waals surface area contributed by atoms with Gasteiger partial charge < -0.3 is 15.4 Å². The fraction of sp³-hybridized carbons (Fsp3) is 0.562. The van der Waals surface area contributed by atoms with Crippen LogP contribution < -0.4 is 15.4 Å². The molecule has 0 fully saturated rings. The van der Waals surface area contributed by atoms with Gasteiger partial charge in [-0.15, -0.1) is 0 Å². The first-order valence-corrected chi connectivity index (χ1v) is 9.39. The number of hydrogen-bond donors (Lipinski definition) is 2. The minimum Gasteiger partial charge on any atom is -0.496 e. The first-order chi connectivity index (χ1) is 11.3. The van der Waals surface area contributed by atoms with Crippen LogP contribution in [0.3, 0.4) is 0 Å². The Morgan fingerprint density at radius 3 is 2.42 bits per heavy atom. The van der Waals surface area contributed by atoms with E-state index in [1.165, 1.54) is 29.6 Å². The number of likely N-dealkylation sites (N-methyl/N-ethyl adjacent to an activating group) is 1. The van der Waals surface area contributed by atoms with E-state index in [0.717, 1.165) is 0 Å². The molecule has 1 rings (SSSR count). The monoisotopic (exact) mass is 357 g/mol. The van der Waals surface area contributed by atoms with E-state index in [2.05, 4.69) is 10.6 Å². The average Bonchev–Trinajstić information content (AvgIpc) is 2.59. The molecule has 0 aliphatic carbocycles. The van der Waals surface area contributed by atoms with Crippen LogP contribution in [0, 0.1) is 0 Å². The van der Waals surface area contributed by atoms with E-state index in [0.29, 0.717) is 25.4 Å². The van der Waals surface area contributed by atoms with Gasteiger partial charge in [-0.3, -0.25) is 4.79 Å². The number of nitrogens with one attached hydrogen (secondary N) is 2. The zero-order chi connectivity index (χ0) is 18.3. The summed E-state index contributed by atoms with van der Waals surface area (Å²) in [6.07, 6.45) is 0. The first kappa shape index (κ1) is 20.4. The van der Waals surface area contributed by atoms with Crippen molar-refractivity contribution in [3.63, 3.8) is 0 Å². The van der Waals surface area contributed by atoms with Gasteiger partial charge in [-0.1, -0.05) is 13.8 Å². The fourth-order valence-corrected chi connectivity index (χ4v) is 3.67. The minimum absolute atomic E-state index is 0.0822. The Morgan fingerprint density at radius 1 is 1.29 bits per heavy atom. The van der Waals surface area contributed by atoms with E-state index in [-0.39, 0.29) is 22.4 Å². The molecule has 1 unspecified atom stereocenters. The summed E-state index contributed by atoms with van der Waals surface area (Å²) in [6.45, 7) is 6.64. The fourth-order valence-electron chi connectivity index (χ4n) is 2.18. The molecular weight excluding hydrogens is 330 g/mol. The van der Waals surface area contributed by atoms with Crippen LogP contribution in [-0.4, -0.2) is 58.5 Å². The van der Waals surface area contributed by atoms with Crippen LogP contribution in [0.15, 0.2) is 23.1 Å². The Bertz CT molecular complexity index is 657. The third-order valence-corrected chi connectivity index (χ3v) is 5.87. The van der Waals surface area contributed by atoms with Gasteiger partial charge in [0.1, 0.15) is 5.75 Å². The highest BCUT2D eigenvalue weighted by Gasteiger charge is 2.24. The summed E-state index contributed by atoms with van der Waals surface area (Å²) in [4.78, 5) is 12.5. The molecule has 136 valence electrons. The number of carbonyl (C=O) groups excluding carboxylic acids is 1. The smallest absolute Gasteiger partial charge is 0.255 e. The van der Waals surface area contributed by atoms with Crippen molar-refractivity contribution in [2.45, 2.75) is 31.7 Å². The third-order valence-electron chi connectivity index (χ3n) is 3.82. The highest BCUT2D eigenvalue weighted by molar-refractivity contribution is 7.89. The Kier molecular flexibility index (Phi) is 7.65. The molecule has 24 heavy (non-hydrogen) atoms. The quantitative estimate of drug-likeness (QED) is 0.690. The summed E-state index contributed by atoms with van der Waals surface area (Å²) in [5.41, 5.74) is 0.203. The second kappa shape index (κ2) is 9.00. The van der Waals surface area contributed by atoms with Crippen LogP contribution >= 0.6 is 0 Å². The largest absolute Gasteiger partial charge is 0.496 e. The van der Waals surface area contributed by atoms with Crippen LogP contribution in [0.1, 0.15) is 31.1 Å². The van der Waals surface area contributed by atoms with Gasteiger partial charge >= 0.3 is 0 Å². The number of hydrogen-bond acceptors (Lipinski definition) is 5. The second-order valence-corrected chi connectivity index (χ2v) is 7.29. The van der Waals surface area contributed by atoms with Crippen LogP contribution in [0.5, 0.6) is 5.75 Å². The molecule has 0 spiro atoms. The summed E-state index contributed by atoms with van der Waals surface area (Å²) in [7, 11) is -0.387. The molecule has 1 amide bonds. The molecule has 0 aromatic heterocycles. The number of nitrogens with zero attached hydrogens (tertiary/aromatic N) is 1. The summed E-state index contributed by atoms with van der Waals surface area (Å²) in [6, 6.07) is 4.43. The predicted octanol–water partition coefficient (Wildman–Crippen LogP) is 1.06. The number of sulfonamides is 1. The van der Waals surface area contributed by atoms with Crippen molar-refractivity contribution in [1.29, 1.82) is 0 Å². The molecule has 0 saturated heterocycles. The van der Waals surface area contributed by atoms with Crippen molar-refractivity contribution in [2.75, 3.05) is 33.8 Å². The number of amides is 1. The van der Waals surface area contributed by atoms with Crippen molar-refractivity contribution < 1.29 is 17.9 Å². The lowest BCUT2D eigenvalue weighted by atomic mass is 10.2. The van der Waals surface area contributed by atoms with Gasteiger partial charge in [0.25, 0.3) is 5.91 Å². The maximum absolute atomic E-state index is 12.6. The highest BCUT2D eigenvalue weighted by atomic mass is 32.2. The van der Waals surface area contributed by atoms with Gasteiger partial charge in [0.2, 0.25) is 10.0 Å². The number of benzene rings is 1. The molecule has 2 N–H and O–H groups in total. The summed E-state index contributed by atoms with van der Waals surface area (Å²) < 4.78 is 31.8. The van der Waals surface area contributed by atoms with Crippen molar-refractivity contribution in [1.82, 2.24) is 14.9 Å². The van der Waals surface area contributed by atoms with E-state index in [1.807, 2.05) is 6.92 Å². The minimum atomic E-state index is -3.63. The lowest BCUT2D eigenvalue weighted by molar-refractivity contribution is 0.0947. The zero-order valence-electron chi connectivity index (χ0n) is 14.9. The van der Waals surface area contributed by atoms with Gasteiger partial charge in [-0.2, -0.15) is 4.31 Å². The Hall–Kier alpha value is -1.64. The molecule has 0 aliphatic heterocycles. The standard InChI is InChI=1S/C16H27N3O4S/c1-6-19(7-2)24(21,22)13-8-9-15(23-5)14(10-13)16(20)18-11-12(3)17-4/h8-10,12,17H,6-7,11H2,1-5H3,(H,18,20). The molecule has 7 nitrogen and oxygen atoms in total. The lowest BCUT2D eigenvalue weighted by Gasteiger charge is -2.19. The Balaban J connectivity index is 3.19. The van der Waals surface area contributed by atoms with Gasteiger partial charge in [-0.05, 0) is 32.2 Å². The van der Waals surface area contributed by atoms with E-state index in [9.17, 15) is 13.2 Å². The lowest BCUT2D eigenvalue weighted by Crippen LogP contribution is -2.37. The number of ether oxygens (including phenoxy) is 1. The molecule has 0 bridgehead atoms. The summed E-state index contributed by atoms with van der Waals surface area (Å²) in [5.74, 6) is -0.0337. The zero-order valence-corrected chi connectivity index (χ0v) is 15.7. The SMILES string of the molecule is CCN(CC)S(=O)(=O)c1ccc(OC)c(C(=O)NCC(C)NC)c1. The average molecular weight is 357 g/mol. The molecule has 8 heteroatoms. The van der Waals surface area contributed by atoms with Gasteiger partial charge in [-0.25, -0.2) is 8.42 Å². The van der Waals surface area contributed by atoms with E-state index in [1.54, 1.807) is 20.9 Å². The van der Waals surface area contributed by atoms with E-state index in [4.69, 9.17) is 4.74 Å². The van der Waals surface area contributed by atoms with Crippen LogP contribution in [0.2, 0.25) is 0 Å². The summed E-state index contributed by atoms with van der Waals surface area (Å²) in [5, 5.41) is 5.79. The van der Waals surface area contributed by atoms with Crippen molar-refractivity contribution >= 4 is 15.9 Å². The number of methoxy groups -OCH3 is 1. The van der Waals surface area contributed by atoms with Crippen LogP contribution in [0.25, 0.3) is 0 Å². The third kappa shape index (κ3) is 4.68. The molecule has 0 aliphatic rings. The van der Waals surface area contributed by atoms with Crippen LogP contribution in [0.4, 0.5) is 0 Å². The number of rotatable bonds is 9. The van der Waals surface area contributed by atoms with Crippen LogP contribution in [-0.2, 0) is 10.0 Å². The van der Waals surface area contributed by atoms with Crippen molar-refractivity contribution in [3.8, 4) is 5.75 Å². The van der Waals surface area contributed by atoms with Crippen molar-refractivity contribution in [2.24, 2.45) is 0 Å². The predicted molar refractivity (Wildman–Crippen MR) is 94.0 cm³/mol. The topological polar surface area (TPSA) is 87.7 Å². The normalized spacial score (nSPS) is 12.9. The number of carbonyl (C=O) groups is 1. The molecule has 1 aromatic carbocycles. The molecule has 0 heterocycles. The molecule has 1 atom stereocenters. The van der Waals surface area contributed by atoms with Gasteiger partial charge in [0.15, 0.2) is 0 Å².